The fourth-order valence-corrected chi connectivity index (χ4v) is 4.35. The van der Waals surface area contributed by atoms with Gasteiger partial charge in [0.1, 0.15) is 24.8 Å². The minimum Gasteiger partial charge on any atom is -0.497 e. The van der Waals surface area contributed by atoms with Crippen molar-refractivity contribution in [3.8, 4) is 17.2 Å². The Morgan fingerprint density at radius 3 is 2.97 bits per heavy atom. The number of aromatic nitrogens is 2. The van der Waals surface area contributed by atoms with E-state index < -0.39 is 11.7 Å². The van der Waals surface area contributed by atoms with Crippen LogP contribution in [0, 0.1) is 5.82 Å². The second-order valence-electron chi connectivity index (χ2n) is 8.15. The summed E-state index contributed by atoms with van der Waals surface area (Å²) in [6, 6.07) is 8.61. The van der Waals surface area contributed by atoms with E-state index >= 15 is 0 Å². The van der Waals surface area contributed by atoms with Crippen molar-refractivity contribution < 1.29 is 23.4 Å². The number of nitrogens with zero attached hydrogens (tertiary/aromatic N) is 2. The fourth-order valence-electron chi connectivity index (χ4n) is 4.35. The number of benzene rings is 2. The average molecular weight is 440 g/mol. The molecule has 0 radical (unpaired) electrons. The lowest BCUT2D eigenvalue weighted by atomic mass is 9.96. The fraction of sp³-hybridized carbons (Fsp3) is 0.391. The van der Waals surface area contributed by atoms with Crippen molar-refractivity contribution in [3.63, 3.8) is 0 Å². The summed E-state index contributed by atoms with van der Waals surface area (Å²) >= 11 is 0. The Labute approximate surface area is 184 Å². The Balaban J connectivity index is 1.33. The van der Waals surface area contributed by atoms with Crippen LogP contribution < -0.4 is 19.5 Å². The molecule has 5 rings (SSSR count). The lowest BCUT2D eigenvalue weighted by Gasteiger charge is -2.36. The predicted molar refractivity (Wildman–Crippen MR) is 116 cm³/mol. The Hall–Kier alpha value is -3.33. The zero-order valence-electron chi connectivity index (χ0n) is 18.0. The number of H-pyrrole nitrogens is 1. The quantitative estimate of drug-likeness (QED) is 0.648. The maximum atomic E-state index is 14.8. The van der Waals surface area contributed by atoms with Gasteiger partial charge in [-0.2, -0.15) is 0 Å². The first-order chi connectivity index (χ1) is 15.5. The number of ether oxygens (including phenoxy) is 3. The van der Waals surface area contributed by atoms with Gasteiger partial charge in [-0.05, 0) is 44.2 Å². The molecule has 1 amide bonds. The summed E-state index contributed by atoms with van der Waals surface area (Å²) in [5.74, 6) is 0.781. The van der Waals surface area contributed by atoms with Gasteiger partial charge in [0.25, 0.3) is 5.91 Å². The van der Waals surface area contributed by atoms with E-state index in [2.05, 4.69) is 15.2 Å². The highest BCUT2D eigenvalue weighted by Crippen LogP contribution is 2.35. The molecular formula is C23H25FN4O4. The van der Waals surface area contributed by atoms with Gasteiger partial charge in [0.15, 0.2) is 17.3 Å². The van der Waals surface area contributed by atoms with Gasteiger partial charge in [0.05, 0.1) is 29.7 Å². The summed E-state index contributed by atoms with van der Waals surface area (Å²) in [6.07, 6.45) is 1.42. The van der Waals surface area contributed by atoms with Crippen LogP contribution in [0.5, 0.6) is 17.2 Å². The molecular weight excluding hydrogens is 415 g/mol. The SMILES string of the molecule is COc1ccc2nc(C3CC(NC(=O)c4ccc5c(c4F)OCCO5)CCN3C)[nH]c2c1. The molecule has 1 aromatic heterocycles. The van der Waals surface area contributed by atoms with Crippen molar-refractivity contribution in [1.29, 1.82) is 0 Å². The molecule has 0 aliphatic carbocycles. The minimum absolute atomic E-state index is 0.00226. The number of rotatable bonds is 4. The maximum absolute atomic E-state index is 14.8. The molecule has 8 nitrogen and oxygen atoms in total. The standard InChI is InChI=1S/C23H25FN4O4/c1-28-8-7-13(11-18(28)22-26-16-5-3-14(30-2)12-17(16)27-22)25-23(29)15-4-6-19-21(20(15)24)32-10-9-31-19/h3-6,12-13,18H,7-11H2,1-2H3,(H,25,29)(H,26,27). The maximum Gasteiger partial charge on any atom is 0.254 e. The summed E-state index contributed by atoms with van der Waals surface area (Å²) in [4.78, 5) is 23.2. The van der Waals surface area contributed by atoms with Crippen LogP contribution in [0.3, 0.4) is 0 Å². The number of aromatic amines is 1. The number of halogens is 1. The topological polar surface area (TPSA) is 88.7 Å². The van der Waals surface area contributed by atoms with E-state index in [0.717, 1.165) is 35.6 Å². The minimum atomic E-state index is -0.685. The molecule has 1 saturated heterocycles. The first kappa shape index (κ1) is 20.6. The predicted octanol–water partition coefficient (Wildman–Crippen LogP) is 3.05. The zero-order valence-corrected chi connectivity index (χ0v) is 18.0. The van der Waals surface area contributed by atoms with Crippen molar-refractivity contribution in [3.05, 3.63) is 47.5 Å². The molecule has 3 aromatic rings. The normalized spacial score (nSPS) is 20.8. The van der Waals surface area contributed by atoms with Crippen LogP contribution in [-0.4, -0.2) is 60.7 Å². The van der Waals surface area contributed by atoms with Gasteiger partial charge in [-0.25, -0.2) is 9.37 Å². The average Bonchev–Trinajstić information content (AvgIpc) is 3.23. The van der Waals surface area contributed by atoms with E-state index in [0.29, 0.717) is 18.8 Å². The highest BCUT2D eigenvalue weighted by molar-refractivity contribution is 5.95. The first-order valence-corrected chi connectivity index (χ1v) is 10.7. The molecule has 1 fully saturated rings. The number of likely N-dealkylation sites (tertiary alicyclic amines) is 1. The molecule has 2 aliphatic rings. The van der Waals surface area contributed by atoms with Gasteiger partial charge < -0.3 is 24.5 Å². The van der Waals surface area contributed by atoms with E-state index in [4.69, 9.17) is 19.2 Å². The van der Waals surface area contributed by atoms with Crippen LogP contribution in [-0.2, 0) is 0 Å². The van der Waals surface area contributed by atoms with Crippen LogP contribution >= 0.6 is 0 Å². The molecule has 168 valence electrons. The van der Waals surface area contributed by atoms with Crippen LogP contribution in [0.4, 0.5) is 4.39 Å². The molecule has 0 bridgehead atoms. The van der Waals surface area contributed by atoms with Crippen molar-refractivity contribution in [2.24, 2.45) is 0 Å². The number of piperidine rings is 1. The lowest BCUT2D eigenvalue weighted by Crippen LogP contribution is -2.45. The van der Waals surface area contributed by atoms with Crippen molar-refractivity contribution in [2.75, 3.05) is 33.9 Å². The molecule has 2 unspecified atom stereocenters. The number of fused-ring (bicyclic) bond motifs is 2. The Bertz CT molecular complexity index is 1160. The number of hydrogen-bond donors (Lipinski definition) is 2. The second-order valence-corrected chi connectivity index (χ2v) is 8.15. The van der Waals surface area contributed by atoms with Crippen molar-refractivity contribution in [1.82, 2.24) is 20.2 Å². The monoisotopic (exact) mass is 440 g/mol. The van der Waals surface area contributed by atoms with E-state index in [1.807, 2.05) is 25.2 Å². The van der Waals surface area contributed by atoms with Gasteiger partial charge in [0, 0.05) is 18.7 Å². The second kappa shape index (κ2) is 8.31. The molecule has 3 heterocycles. The number of carbonyl (C=O) groups is 1. The van der Waals surface area contributed by atoms with Gasteiger partial charge in [-0.15, -0.1) is 0 Å². The van der Waals surface area contributed by atoms with Gasteiger partial charge >= 0.3 is 0 Å². The number of carbonyl (C=O) groups excluding carboxylic acids is 1. The van der Waals surface area contributed by atoms with E-state index in [1.54, 1.807) is 13.2 Å². The van der Waals surface area contributed by atoms with Gasteiger partial charge in [-0.1, -0.05) is 0 Å². The molecule has 2 aliphatic heterocycles. The lowest BCUT2D eigenvalue weighted by molar-refractivity contribution is 0.0877. The van der Waals surface area contributed by atoms with Crippen LogP contribution in [0.15, 0.2) is 30.3 Å². The Morgan fingerprint density at radius 2 is 2.12 bits per heavy atom. The van der Waals surface area contributed by atoms with E-state index in [1.165, 1.54) is 6.07 Å². The molecule has 0 saturated carbocycles. The first-order valence-electron chi connectivity index (χ1n) is 10.7. The molecule has 2 aromatic carbocycles. The molecule has 9 heteroatoms. The van der Waals surface area contributed by atoms with Crippen molar-refractivity contribution >= 4 is 16.9 Å². The number of imidazole rings is 1. The highest BCUT2D eigenvalue weighted by Gasteiger charge is 2.31. The Kier molecular flexibility index (Phi) is 5.34. The summed E-state index contributed by atoms with van der Waals surface area (Å²) in [7, 11) is 3.67. The van der Waals surface area contributed by atoms with Crippen LogP contribution in [0.1, 0.15) is 35.1 Å². The number of nitrogens with one attached hydrogen (secondary N) is 2. The van der Waals surface area contributed by atoms with E-state index in [-0.39, 0.29) is 30.0 Å². The Morgan fingerprint density at radius 1 is 1.28 bits per heavy atom. The van der Waals surface area contributed by atoms with Gasteiger partial charge in [-0.3, -0.25) is 9.69 Å². The molecule has 0 spiro atoms. The number of methoxy groups -OCH3 is 1. The third-order valence-electron chi connectivity index (χ3n) is 6.12. The third-order valence-corrected chi connectivity index (χ3v) is 6.12. The van der Waals surface area contributed by atoms with Gasteiger partial charge in [0.2, 0.25) is 0 Å². The zero-order chi connectivity index (χ0) is 22.2. The summed E-state index contributed by atoms with van der Waals surface area (Å²) < 4.78 is 30.9. The summed E-state index contributed by atoms with van der Waals surface area (Å²) in [5.41, 5.74) is 1.72. The number of amides is 1. The smallest absolute Gasteiger partial charge is 0.254 e. The third kappa shape index (κ3) is 3.73. The van der Waals surface area contributed by atoms with E-state index in [9.17, 15) is 9.18 Å². The largest absolute Gasteiger partial charge is 0.497 e. The summed E-state index contributed by atoms with van der Waals surface area (Å²) in [6.45, 7) is 1.40. The molecule has 2 N–H and O–H groups in total. The number of hydrogen-bond acceptors (Lipinski definition) is 6. The highest BCUT2D eigenvalue weighted by atomic mass is 19.1. The summed E-state index contributed by atoms with van der Waals surface area (Å²) in [5, 5.41) is 2.99. The molecule has 32 heavy (non-hydrogen) atoms. The van der Waals surface area contributed by atoms with Crippen LogP contribution in [0.25, 0.3) is 11.0 Å². The molecule has 2 atom stereocenters. The van der Waals surface area contributed by atoms with Crippen LogP contribution in [0.2, 0.25) is 0 Å². The van der Waals surface area contributed by atoms with Crippen molar-refractivity contribution in [2.45, 2.75) is 24.9 Å².